The first-order valence-electron chi connectivity index (χ1n) is 7.84. The van der Waals surface area contributed by atoms with Crippen molar-refractivity contribution >= 4 is 45.6 Å². The Kier molecular flexibility index (Phi) is 5.35. The van der Waals surface area contributed by atoms with Crippen molar-refractivity contribution in [3.63, 3.8) is 0 Å². The predicted molar refractivity (Wildman–Crippen MR) is 105 cm³/mol. The highest BCUT2D eigenvalue weighted by molar-refractivity contribution is 7.14. The number of nitrogens with zero attached hydrogens (tertiary/aromatic N) is 1. The summed E-state index contributed by atoms with van der Waals surface area (Å²) in [4.78, 5) is 28.8. The molecule has 0 unspecified atom stereocenters. The molecule has 5 nitrogen and oxygen atoms in total. The van der Waals surface area contributed by atoms with Crippen LogP contribution in [-0.4, -0.2) is 16.8 Å². The molecule has 2 amide bonds. The van der Waals surface area contributed by atoms with Gasteiger partial charge in [-0.1, -0.05) is 29.8 Å². The second-order valence-corrected chi connectivity index (χ2v) is 7.01. The smallest absolute Gasteiger partial charge is 0.275 e. The van der Waals surface area contributed by atoms with E-state index in [1.807, 2.05) is 32.0 Å². The highest BCUT2D eigenvalue weighted by atomic mass is 35.5. The monoisotopic (exact) mass is 385 g/mol. The number of hydrogen-bond acceptors (Lipinski definition) is 4. The summed E-state index contributed by atoms with van der Waals surface area (Å²) in [6, 6.07) is 12.3. The minimum Gasteiger partial charge on any atom is -0.320 e. The molecule has 132 valence electrons. The van der Waals surface area contributed by atoms with Crippen LogP contribution in [0.2, 0.25) is 5.02 Å². The minimum absolute atomic E-state index is 0.254. The third-order valence-corrected chi connectivity index (χ3v) is 4.79. The number of hydrogen-bond donors (Lipinski definition) is 2. The van der Waals surface area contributed by atoms with Gasteiger partial charge in [-0.15, -0.1) is 11.3 Å². The molecule has 3 aromatic rings. The fourth-order valence-corrected chi connectivity index (χ4v) is 3.21. The number of anilines is 2. The first-order valence-corrected chi connectivity index (χ1v) is 9.10. The number of amides is 2. The summed E-state index contributed by atoms with van der Waals surface area (Å²) in [6.45, 7) is 3.86. The fraction of sp³-hybridized carbons (Fsp3) is 0.105. The third-order valence-electron chi connectivity index (χ3n) is 3.78. The van der Waals surface area contributed by atoms with Crippen LogP contribution in [0.25, 0.3) is 0 Å². The molecule has 0 aliphatic heterocycles. The highest BCUT2D eigenvalue weighted by Crippen LogP contribution is 2.22. The SMILES string of the molecule is Cc1cccc(C)c1NC(=O)c1csc(NC(=O)c2ccc(Cl)cc2)n1. The molecule has 2 N–H and O–H groups in total. The van der Waals surface area contributed by atoms with E-state index in [2.05, 4.69) is 15.6 Å². The van der Waals surface area contributed by atoms with Crippen LogP contribution in [0.4, 0.5) is 10.8 Å². The zero-order valence-corrected chi connectivity index (χ0v) is 15.7. The van der Waals surface area contributed by atoms with E-state index in [-0.39, 0.29) is 17.5 Å². The fourth-order valence-electron chi connectivity index (χ4n) is 2.40. The molecule has 26 heavy (non-hydrogen) atoms. The molecule has 0 saturated carbocycles. The third kappa shape index (κ3) is 4.09. The van der Waals surface area contributed by atoms with E-state index in [1.54, 1.807) is 29.6 Å². The van der Waals surface area contributed by atoms with Crippen molar-refractivity contribution in [1.29, 1.82) is 0 Å². The van der Waals surface area contributed by atoms with E-state index in [9.17, 15) is 9.59 Å². The zero-order chi connectivity index (χ0) is 18.7. The van der Waals surface area contributed by atoms with Crippen LogP contribution in [0, 0.1) is 13.8 Å². The maximum absolute atomic E-state index is 12.4. The number of aryl methyl sites for hydroxylation is 2. The lowest BCUT2D eigenvalue weighted by Gasteiger charge is -2.10. The van der Waals surface area contributed by atoms with Gasteiger partial charge in [-0.25, -0.2) is 4.98 Å². The topological polar surface area (TPSA) is 71.1 Å². The molecule has 0 radical (unpaired) electrons. The molecule has 0 bridgehead atoms. The van der Waals surface area contributed by atoms with Crippen molar-refractivity contribution in [2.75, 3.05) is 10.6 Å². The van der Waals surface area contributed by atoms with Gasteiger partial charge in [-0.05, 0) is 49.2 Å². The summed E-state index contributed by atoms with van der Waals surface area (Å²) in [6.07, 6.45) is 0. The Morgan fingerprint density at radius 1 is 0.962 bits per heavy atom. The second-order valence-electron chi connectivity index (χ2n) is 5.72. The number of benzene rings is 2. The van der Waals surface area contributed by atoms with Crippen LogP contribution in [0.15, 0.2) is 47.8 Å². The van der Waals surface area contributed by atoms with Crippen LogP contribution in [-0.2, 0) is 0 Å². The molecule has 0 aliphatic carbocycles. The number of para-hydroxylation sites is 1. The lowest BCUT2D eigenvalue weighted by Crippen LogP contribution is -2.15. The second kappa shape index (κ2) is 7.68. The molecule has 2 aromatic carbocycles. The first-order chi connectivity index (χ1) is 12.4. The summed E-state index contributed by atoms with van der Waals surface area (Å²) in [5, 5.41) is 8.09. The van der Waals surface area contributed by atoms with Crippen molar-refractivity contribution in [3.8, 4) is 0 Å². The molecule has 1 heterocycles. The van der Waals surface area contributed by atoms with Gasteiger partial charge in [-0.3, -0.25) is 14.9 Å². The lowest BCUT2D eigenvalue weighted by atomic mass is 10.1. The van der Waals surface area contributed by atoms with E-state index in [1.165, 1.54) is 11.3 Å². The van der Waals surface area contributed by atoms with Gasteiger partial charge in [0, 0.05) is 21.7 Å². The molecule has 0 atom stereocenters. The Morgan fingerprint density at radius 3 is 2.27 bits per heavy atom. The number of halogens is 1. The predicted octanol–water partition coefficient (Wildman–Crippen LogP) is 4.92. The van der Waals surface area contributed by atoms with E-state index in [0.717, 1.165) is 16.8 Å². The number of aromatic nitrogens is 1. The van der Waals surface area contributed by atoms with E-state index >= 15 is 0 Å². The Morgan fingerprint density at radius 2 is 1.62 bits per heavy atom. The maximum atomic E-state index is 12.4. The zero-order valence-electron chi connectivity index (χ0n) is 14.2. The van der Waals surface area contributed by atoms with Crippen molar-refractivity contribution in [1.82, 2.24) is 4.98 Å². The summed E-state index contributed by atoms with van der Waals surface area (Å²) in [7, 11) is 0. The van der Waals surface area contributed by atoms with Crippen molar-refractivity contribution in [2.45, 2.75) is 13.8 Å². The van der Waals surface area contributed by atoms with Gasteiger partial charge in [0.25, 0.3) is 11.8 Å². The van der Waals surface area contributed by atoms with Crippen LogP contribution >= 0.6 is 22.9 Å². The molecule has 7 heteroatoms. The van der Waals surface area contributed by atoms with Gasteiger partial charge < -0.3 is 5.32 Å². The summed E-state index contributed by atoms with van der Waals surface area (Å²) in [5.41, 5.74) is 3.45. The Balaban J connectivity index is 1.70. The van der Waals surface area contributed by atoms with E-state index in [4.69, 9.17) is 11.6 Å². The van der Waals surface area contributed by atoms with Gasteiger partial charge in [-0.2, -0.15) is 0 Å². The minimum atomic E-state index is -0.314. The molecule has 0 aliphatic rings. The average Bonchev–Trinajstić information content (AvgIpc) is 3.07. The molecule has 0 fully saturated rings. The van der Waals surface area contributed by atoms with Crippen molar-refractivity contribution in [3.05, 3.63) is 75.3 Å². The Hall–Kier alpha value is -2.70. The van der Waals surface area contributed by atoms with Crippen molar-refractivity contribution < 1.29 is 9.59 Å². The van der Waals surface area contributed by atoms with Crippen LogP contribution < -0.4 is 10.6 Å². The van der Waals surface area contributed by atoms with Crippen LogP contribution in [0.5, 0.6) is 0 Å². The molecular weight excluding hydrogens is 370 g/mol. The van der Waals surface area contributed by atoms with Crippen molar-refractivity contribution in [2.24, 2.45) is 0 Å². The van der Waals surface area contributed by atoms with E-state index < -0.39 is 0 Å². The normalized spacial score (nSPS) is 10.4. The van der Waals surface area contributed by atoms with Gasteiger partial charge >= 0.3 is 0 Å². The summed E-state index contributed by atoms with van der Waals surface area (Å²) in [5.74, 6) is -0.622. The molecular formula is C19H16ClN3O2S. The molecule has 0 spiro atoms. The Labute approximate surface area is 160 Å². The van der Waals surface area contributed by atoms with Crippen LogP contribution in [0.1, 0.15) is 32.0 Å². The largest absolute Gasteiger partial charge is 0.320 e. The number of carbonyl (C=O) groups excluding carboxylic acids is 2. The summed E-state index contributed by atoms with van der Waals surface area (Å²) < 4.78 is 0. The lowest BCUT2D eigenvalue weighted by molar-refractivity contribution is 0.101. The van der Waals surface area contributed by atoms with Crippen LogP contribution in [0.3, 0.4) is 0 Å². The first kappa shape index (κ1) is 18.1. The van der Waals surface area contributed by atoms with Gasteiger partial charge in [0.2, 0.25) is 0 Å². The number of carbonyl (C=O) groups is 2. The molecule has 1 aromatic heterocycles. The number of thiazole rings is 1. The standard InChI is InChI=1S/C19H16ClN3O2S/c1-11-4-3-5-12(2)16(11)22-18(25)15-10-26-19(21-15)23-17(24)13-6-8-14(20)9-7-13/h3-10H,1-2H3,(H,22,25)(H,21,23,24). The molecule has 3 rings (SSSR count). The number of rotatable bonds is 4. The quantitative estimate of drug-likeness (QED) is 0.669. The van der Waals surface area contributed by atoms with Gasteiger partial charge in [0.1, 0.15) is 5.69 Å². The van der Waals surface area contributed by atoms with Gasteiger partial charge in [0.15, 0.2) is 5.13 Å². The Bertz CT molecular complexity index is 947. The van der Waals surface area contributed by atoms with Gasteiger partial charge in [0.05, 0.1) is 0 Å². The van der Waals surface area contributed by atoms with E-state index in [0.29, 0.717) is 15.7 Å². The average molecular weight is 386 g/mol. The number of nitrogens with one attached hydrogen (secondary N) is 2. The summed E-state index contributed by atoms with van der Waals surface area (Å²) >= 11 is 7.01. The molecule has 0 saturated heterocycles. The highest BCUT2D eigenvalue weighted by Gasteiger charge is 2.15. The maximum Gasteiger partial charge on any atom is 0.275 e.